The molecule has 0 aliphatic carbocycles. The van der Waals surface area contributed by atoms with Crippen LogP contribution in [0, 0.1) is 17.5 Å². The van der Waals surface area contributed by atoms with Gasteiger partial charge in [0.15, 0.2) is 11.6 Å². The molecular weight excluding hydrogens is 473 g/mol. The van der Waals surface area contributed by atoms with Gasteiger partial charge in [0.25, 0.3) is 0 Å². The Hall–Kier alpha value is -3.60. The SMILES string of the molecule is Cn1ncc(Cl)c1-c1cc(OC2CN(C(=O)N3N=CCC3c3cc(F)cc(F)c3)C2)c(F)cn1. The van der Waals surface area contributed by atoms with E-state index in [0.29, 0.717) is 28.4 Å². The van der Waals surface area contributed by atoms with Gasteiger partial charge in [-0.2, -0.15) is 10.2 Å². The van der Waals surface area contributed by atoms with Crippen molar-refractivity contribution in [3.05, 3.63) is 64.7 Å². The molecule has 0 N–H and O–H groups in total. The number of nitrogens with zero attached hydrogens (tertiary/aromatic N) is 6. The zero-order valence-corrected chi connectivity index (χ0v) is 18.6. The number of hydrazone groups is 1. The van der Waals surface area contributed by atoms with Gasteiger partial charge in [-0.05, 0) is 17.7 Å². The predicted octanol–water partition coefficient (Wildman–Crippen LogP) is 4.17. The first-order chi connectivity index (χ1) is 16.3. The third-order valence-electron chi connectivity index (χ3n) is 5.66. The minimum Gasteiger partial charge on any atom is -0.483 e. The highest BCUT2D eigenvalue weighted by Gasteiger charge is 2.39. The Labute approximate surface area is 197 Å². The highest BCUT2D eigenvalue weighted by atomic mass is 35.5. The maximum Gasteiger partial charge on any atom is 0.341 e. The van der Waals surface area contributed by atoms with Crippen molar-refractivity contribution in [3.8, 4) is 17.1 Å². The molecule has 0 bridgehead atoms. The lowest BCUT2D eigenvalue weighted by molar-refractivity contribution is 0.0256. The fourth-order valence-electron chi connectivity index (χ4n) is 3.98. The third-order valence-corrected chi connectivity index (χ3v) is 5.94. The van der Waals surface area contributed by atoms with Crippen molar-refractivity contribution >= 4 is 23.8 Å². The van der Waals surface area contributed by atoms with E-state index in [4.69, 9.17) is 16.3 Å². The Bertz CT molecular complexity index is 1250. The van der Waals surface area contributed by atoms with Gasteiger partial charge in [-0.3, -0.25) is 9.67 Å². The molecule has 1 saturated heterocycles. The van der Waals surface area contributed by atoms with Crippen molar-refractivity contribution in [1.82, 2.24) is 24.7 Å². The molecule has 1 fully saturated rings. The molecule has 12 heteroatoms. The highest BCUT2D eigenvalue weighted by Crippen LogP contribution is 2.33. The molecule has 2 aliphatic heterocycles. The molecule has 1 unspecified atom stereocenters. The van der Waals surface area contributed by atoms with Gasteiger partial charge in [-0.25, -0.2) is 23.0 Å². The van der Waals surface area contributed by atoms with Gasteiger partial charge in [0.1, 0.15) is 23.4 Å². The van der Waals surface area contributed by atoms with Crippen LogP contribution in [0.15, 0.2) is 41.8 Å². The van der Waals surface area contributed by atoms with Crippen LogP contribution in [0.3, 0.4) is 0 Å². The maximum atomic E-state index is 14.3. The summed E-state index contributed by atoms with van der Waals surface area (Å²) in [5.74, 6) is -2.12. The molecule has 0 radical (unpaired) electrons. The summed E-state index contributed by atoms with van der Waals surface area (Å²) in [5, 5.41) is 9.69. The first-order valence-corrected chi connectivity index (χ1v) is 10.7. The van der Waals surface area contributed by atoms with Gasteiger partial charge in [0, 0.05) is 31.8 Å². The van der Waals surface area contributed by atoms with E-state index in [-0.39, 0.29) is 18.8 Å². The number of hydrogen-bond donors (Lipinski definition) is 0. The largest absolute Gasteiger partial charge is 0.483 e. The van der Waals surface area contributed by atoms with Gasteiger partial charge >= 0.3 is 6.03 Å². The van der Waals surface area contributed by atoms with Crippen LogP contribution >= 0.6 is 11.6 Å². The van der Waals surface area contributed by atoms with E-state index in [1.54, 1.807) is 7.05 Å². The van der Waals surface area contributed by atoms with Gasteiger partial charge in [-0.1, -0.05) is 11.6 Å². The fourth-order valence-corrected chi connectivity index (χ4v) is 4.24. The maximum absolute atomic E-state index is 14.3. The fraction of sp³-hybridized carbons (Fsp3) is 0.273. The predicted molar refractivity (Wildman–Crippen MR) is 117 cm³/mol. The van der Waals surface area contributed by atoms with Gasteiger partial charge < -0.3 is 9.64 Å². The number of aromatic nitrogens is 3. The minimum absolute atomic E-state index is 0.0216. The number of carbonyl (C=O) groups is 1. The molecule has 1 atom stereocenters. The molecule has 1 aromatic carbocycles. The number of ether oxygens (including phenoxy) is 1. The minimum atomic E-state index is -0.724. The number of pyridine rings is 1. The monoisotopic (exact) mass is 490 g/mol. The Morgan fingerprint density at radius 2 is 1.85 bits per heavy atom. The van der Waals surface area contributed by atoms with Crippen LogP contribution < -0.4 is 4.74 Å². The average molecular weight is 491 g/mol. The number of benzene rings is 1. The molecule has 0 saturated carbocycles. The average Bonchev–Trinajstić information content (AvgIpc) is 3.37. The van der Waals surface area contributed by atoms with E-state index in [0.717, 1.165) is 12.3 Å². The van der Waals surface area contributed by atoms with E-state index >= 15 is 0 Å². The second-order valence-corrected chi connectivity index (χ2v) is 8.40. The molecule has 4 heterocycles. The second kappa shape index (κ2) is 8.64. The summed E-state index contributed by atoms with van der Waals surface area (Å²) in [5.41, 5.74) is 1.23. The van der Waals surface area contributed by atoms with Crippen LogP contribution in [0.2, 0.25) is 5.02 Å². The Morgan fingerprint density at radius 3 is 2.53 bits per heavy atom. The van der Waals surface area contributed by atoms with Crippen LogP contribution in [-0.2, 0) is 7.05 Å². The highest BCUT2D eigenvalue weighted by molar-refractivity contribution is 6.32. The zero-order valence-electron chi connectivity index (χ0n) is 17.8. The molecule has 2 aromatic heterocycles. The lowest BCUT2D eigenvalue weighted by atomic mass is 10.0. The Morgan fingerprint density at radius 1 is 1.12 bits per heavy atom. The molecule has 34 heavy (non-hydrogen) atoms. The normalized spacial score (nSPS) is 17.9. The number of likely N-dealkylation sites (tertiary alicyclic amines) is 1. The Balaban J connectivity index is 1.25. The summed E-state index contributed by atoms with van der Waals surface area (Å²) < 4.78 is 48.9. The number of halogens is 4. The molecule has 8 nitrogen and oxygen atoms in total. The number of carbonyl (C=O) groups excluding carboxylic acids is 1. The molecular formula is C22H18ClF3N6O2. The van der Waals surface area contributed by atoms with E-state index in [1.807, 2.05) is 0 Å². The molecule has 2 aliphatic rings. The van der Waals surface area contributed by atoms with Gasteiger partial charge in [0.2, 0.25) is 0 Å². The lowest BCUT2D eigenvalue weighted by Gasteiger charge is -2.41. The van der Waals surface area contributed by atoms with Crippen LogP contribution in [0.1, 0.15) is 18.0 Å². The summed E-state index contributed by atoms with van der Waals surface area (Å²) >= 11 is 6.15. The summed E-state index contributed by atoms with van der Waals surface area (Å²) in [6.45, 7) is 0.386. The summed E-state index contributed by atoms with van der Waals surface area (Å²) in [6.07, 6.45) is 3.91. The number of hydrogen-bond acceptors (Lipinski definition) is 5. The van der Waals surface area contributed by atoms with E-state index in [9.17, 15) is 18.0 Å². The van der Waals surface area contributed by atoms with E-state index in [2.05, 4.69) is 15.2 Å². The molecule has 3 aromatic rings. The summed E-state index contributed by atoms with van der Waals surface area (Å²) in [4.78, 5) is 18.4. The second-order valence-electron chi connectivity index (χ2n) is 7.99. The van der Waals surface area contributed by atoms with Crippen molar-refractivity contribution in [1.29, 1.82) is 0 Å². The number of rotatable bonds is 4. The first kappa shape index (κ1) is 22.2. The van der Waals surface area contributed by atoms with Crippen LogP contribution in [0.4, 0.5) is 18.0 Å². The standard InChI is InChI=1S/C22H18ClF3N6O2/c1-30-21(16(23)8-29-30)18-7-20(17(26)9-27-18)34-15-10-31(11-15)22(33)32-19(2-3-28-32)12-4-13(24)6-14(25)5-12/h3-9,15,19H,2,10-11H2,1H3. The van der Waals surface area contributed by atoms with Crippen molar-refractivity contribution in [3.63, 3.8) is 0 Å². The lowest BCUT2D eigenvalue weighted by Crippen LogP contribution is -2.58. The van der Waals surface area contributed by atoms with Crippen molar-refractivity contribution < 1.29 is 22.7 Å². The van der Waals surface area contributed by atoms with Crippen LogP contribution in [0.25, 0.3) is 11.4 Å². The third kappa shape index (κ3) is 4.07. The summed E-state index contributed by atoms with van der Waals surface area (Å²) in [7, 11) is 1.69. The van der Waals surface area contributed by atoms with E-state index in [1.165, 1.54) is 45.2 Å². The number of urea groups is 1. The zero-order chi connectivity index (χ0) is 24.0. The van der Waals surface area contributed by atoms with E-state index < -0.39 is 35.6 Å². The van der Waals surface area contributed by atoms with Gasteiger partial charge in [0.05, 0.1) is 42.2 Å². The topological polar surface area (TPSA) is 75.8 Å². The molecule has 5 rings (SSSR count). The summed E-state index contributed by atoms with van der Waals surface area (Å²) in [6, 6.07) is 3.53. The molecule has 2 amide bonds. The smallest absolute Gasteiger partial charge is 0.341 e. The molecule has 0 spiro atoms. The van der Waals surface area contributed by atoms with Crippen LogP contribution in [-0.4, -0.2) is 56.1 Å². The Kier molecular flexibility index (Phi) is 5.64. The molecule has 176 valence electrons. The quantitative estimate of drug-likeness (QED) is 0.550. The number of aryl methyl sites for hydroxylation is 1. The number of amides is 2. The van der Waals surface area contributed by atoms with Crippen LogP contribution in [0.5, 0.6) is 5.75 Å². The van der Waals surface area contributed by atoms with Crippen molar-refractivity contribution in [2.24, 2.45) is 12.1 Å². The van der Waals surface area contributed by atoms with Crippen molar-refractivity contribution in [2.45, 2.75) is 18.6 Å². The first-order valence-electron chi connectivity index (χ1n) is 10.4. The van der Waals surface area contributed by atoms with Crippen molar-refractivity contribution in [2.75, 3.05) is 13.1 Å². The van der Waals surface area contributed by atoms with Gasteiger partial charge in [-0.15, -0.1) is 0 Å².